The summed E-state index contributed by atoms with van der Waals surface area (Å²) in [5.74, 6) is -1.66. The summed E-state index contributed by atoms with van der Waals surface area (Å²) in [6.07, 6.45) is 2.08. The quantitative estimate of drug-likeness (QED) is 0.927. The number of piperidine rings is 1. The maximum atomic E-state index is 13.7. The molecule has 0 bridgehead atoms. The highest BCUT2D eigenvalue weighted by Gasteiger charge is 2.33. The average molecular weight is 307 g/mol. The van der Waals surface area contributed by atoms with Crippen molar-refractivity contribution in [2.75, 3.05) is 6.54 Å². The average Bonchev–Trinajstić information content (AvgIpc) is 2.92. The number of likely N-dealkylation sites (tertiary alicyclic amines) is 1. The van der Waals surface area contributed by atoms with Crippen molar-refractivity contribution in [2.24, 2.45) is 0 Å². The number of carboxylic acids is 1. The second-order valence-corrected chi connectivity index (χ2v) is 6.19. The topological polar surface area (TPSA) is 57.6 Å². The van der Waals surface area contributed by atoms with Gasteiger partial charge < -0.3 is 10.0 Å². The highest BCUT2D eigenvalue weighted by Crippen LogP contribution is 2.30. The van der Waals surface area contributed by atoms with Crippen molar-refractivity contribution < 1.29 is 19.1 Å². The van der Waals surface area contributed by atoms with Crippen LogP contribution in [0.2, 0.25) is 0 Å². The van der Waals surface area contributed by atoms with E-state index >= 15 is 0 Å². The molecule has 1 saturated heterocycles. The minimum absolute atomic E-state index is 0.317. The van der Waals surface area contributed by atoms with Crippen molar-refractivity contribution in [2.45, 2.75) is 25.3 Å². The molecule has 1 aliphatic heterocycles. The molecule has 0 spiro atoms. The first-order valence-corrected chi connectivity index (χ1v) is 7.61. The Morgan fingerprint density at radius 1 is 1.33 bits per heavy atom. The number of thiophene rings is 1. The molecule has 1 fully saturated rings. The molecule has 1 N–H and O–H groups in total. The van der Waals surface area contributed by atoms with E-state index in [1.54, 1.807) is 12.1 Å². The molecule has 1 unspecified atom stereocenters. The van der Waals surface area contributed by atoms with Crippen molar-refractivity contribution in [3.63, 3.8) is 0 Å². The Labute approximate surface area is 124 Å². The van der Waals surface area contributed by atoms with Crippen molar-refractivity contribution in [1.82, 2.24) is 4.90 Å². The fourth-order valence-electron chi connectivity index (χ4n) is 2.70. The lowest BCUT2D eigenvalue weighted by molar-refractivity contribution is -0.143. The van der Waals surface area contributed by atoms with Crippen molar-refractivity contribution in [1.29, 1.82) is 0 Å². The fraction of sp³-hybridized carbons (Fsp3) is 0.333. The van der Waals surface area contributed by atoms with E-state index in [-0.39, 0.29) is 11.7 Å². The summed E-state index contributed by atoms with van der Waals surface area (Å²) in [4.78, 5) is 25.6. The Balaban J connectivity index is 1.95. The van der Waals surface area contributed by atoms with Crippen LogP contribution >= 0.6 is 11.3 Å². The summed E-state index contributed by atoms with van der Waals surface area (Å²) in [7, 11) is 0. The van der Waals surface area contributed by atoms with Crippen molar-refractivity contribution in [3.8, 4) is 0 Å². The zero-order chi connectivity index (χ0) is 15.0. The molecular weight excluding hydrogens is 293 g/mol. The van der Waals surface area contributed by atoms with E-state index in [1.807, 2.05) is 0 Å². The molecule has 1 aromatic heterocycles. The Hall–Kier alpha value is -1.95. The molecule has 1 aliphatic rings. The largest absolute Gasteiger partial charge is 0.480 e. The molecule has 0 aliphatic carbocycles. The number of carboxylic acid groups (broad SMARTS) is 1. The summed E-state index contributed by atoms with van der Waals surface area (Å²) in [6, 6.07) is 5.45. The predicted octanol–water partition coefficient (Wildman–Crippen LogP) is 3.12. The molecule has 3 rings (SSSR count). The summed E-state index contributed by atoms with van der Waals surface area (Å²) < 4.78 is 14.4. The number of carbonyl (C=O) groups excluding carboxylic acids is 1. The number of hydrogen-bond donors (Lipinski definition) is 1. The van der Waals surface area contributed by atoms with Gasteiger partial charge in [0.05, 0.1) is 4.88 Å². The summed E-state index contributed by atoms with van der Waals surface area (Å²) in [6.45, 7) is 0.437. The summed E-state index contributed by atoms with van der Waals surface area (Å²) in [5, 5.41) is 9.65. The van der Waals surface area contributed by atoms with Gasteiger partial charge in [-0.1, -0.05) is 6.07 Å². The number of rotatable bonds is 2. The van der Waals surface area contributed by atoms with Crippen LogP contribution in [0.25, 0.3) is 10.1 Å². The molecule has 2 heterocycles. The molecular formula is C15H14FNO3S. The molecule has 4 nitrogen and oxygen atoms in total. The first-order chi connectivity index (χ1) is 10.1. The molecule has 1 atom stereocenters. The third-order valence-corrected chi connectivity index (χ3v) is 4.86. The number of aliphatic carboxylic acids is 1. The molecule has 110 valence electrons. The molecule has 0 radical (unpaired) electrons. The van der Waals surface area contributed by atoms with Crippen LogP contribution < -0.4 is 0 Å². The summed E-state index contributed by atoms with van der Waals surface area (Å²) in [5.41, 5.74) is 0. The van der Waals surface area contributed by atoms with Crippen LogP contribution in [-0.2, 0) is 4.79 Å². The van der Waals surface area contributed by atoms with E-state index in [1.165, 1.54) is 28.4 Å². The van der Waals surface area contributed by atoms with Gasteiger partial charge in [-0.2, -0.15) is 0 Å². The number of benzene rings is 1. The zero-order valence-electron chi connectivity index (χ0n) is 11.2. The van der Waals surface area contributed by atoms with Gasteiger partial charge in [0.15, 0.2) is 0 Å². The minimum atomic E-state index is -0.977. The van der Waals surface area contributed by atoms with Crippen LogP contribution in [0.3, 0.4) is 0 Å². The highest BCUT2D eigenvalue weighted by molar-refractivity contribution is 7.20. The van der Waals surface area contributed by atoms with Crippen LogP contribution in [0, 0.1) is 5.82 Å². The van der Waals surface area contributed by atoms with Crippen LogP contribution in [0.5, 0.6) is 0 Å². The number of nitrogens with zero attached hydrogens (tertiary/aromatic N) is 1. The monoisotopic (exact) mass is 307 g/mol. The molecule has 1 amide bonds. The zero-order valence-corrected chi connectivity index (χ0v) is 12.0. The Kier molecular flexibility index (Phi) is 3.63. The maximum Gasteiger partial charge on any atom is 0.326 e. The molecule has 2 aromatic rings. The van der Waals surface area contributed by atoms with Crippen molar-refractivity contribution >= 4 is 33.3 Å². The van der Waals surface area contributed by atoms with Gasteiger partial charge in [0.1, 0.15) is 11.9 Å². The number of hydrogen-bond acceptors (Lipinski definition) is 3. The lowest BCUT2D eigenvalue weighted by Gasteiger charge is -2.32. The van der Waals surface area contributed by atoms with Crippen molar-refractivity contribution in [3.05, 3.63) is 35.0 Å². The van der Waals surface area contributed by atoms with E-state index in [0.29, 0.717) is 27.9 Å². The smallest absolute Gasteiger partial charge is 0.326 e. The number of carbonyl (C=O) groups is 2. The molecule has 1 aromatic carbocycles. The van der Waals surface area contributed by atoms with Crippen LogP contribution in [0.4, 0.5) is 4.39 Å². The van der Waals surface area contributed by atoms with E-state index in [9.17, 15) is 19.1 Å². The van der Waals surface area contributed by atoms with Gasteiger partial charge in [-0.3, -0.25) is 4.79 Å². The second-order valence-electron chi connectivity index (χ2n) is 5.11. The minimum Gasteiger partial charge on any atom is -0.480 e. The van der Waals surface area contributed by atoms with E-state index in [4.69, 9.17) is 0 Å². The SMILES string of the molecule is O=C(O)C1CCCCN1C(=O)c1cc2c(F)cccc2s1. The van der Waals surface area contributed by atoms with Gasteiger partial charge in [-0.15, -0.1) is 11.3 Å². The van der Waals surface area contributed by atoms with E-state index in [2.05, 4.69) is 0 Å². The fourth-order valence-corrected chi connectivity index (χ4v) is 3.73. The van der Waals surface area contributed by atoms with Gasteiger partial charge in [0.2, 0.25) is 0 Å². The normalized spacial score (nSPS) is 18.9. The van der Waals surface area contributed by atoms with Gasteiger partial charge in [0, 0.05) is 16.6 Å². The Bertz CT molecular complexity index is 712. The predicted molar refractivity (Wildman–Crippen MR) is 78.1 cm³/mol. The summed E-state index contributed by atoms with van der Waals surface area (Å²) >= 11 is 1.20. The van der Waals surface area contributed by atoms with Crippen LogP contribution in [-0.4, -0.2) is 34.5 Å². The molecule has 21 heavy (non-hydrogen) atoms. The van der Waals surface area contributed by atoms with E-state index in [0.717, 1.165) is 12.8 Å². The van der Waals surface area contributed by atoms with Gasteiger partial charge in [-0.05, 0) is 37.5 Å². The van der Waals surface area contributed by atoms with E-state index < -0.39 is 12.0 Å². The standard InChI is InChI=1S/C15H14FNO3S/c16-10-4-3-6-12-9(10)8-13(21-12)14(18)17-7-2-1-5-11(17)15(19)20/h3-4,6,8,11H,1-2,5,7H2,(H,19,20). The first-order valence-electron chi connectivity index (χ1n) is 6.80. The number of amides is 1. The van der Waals surface area contributed by atoms with Gasteiger partial charge in [-0.25, -0.2) is 9.18 Å². The Morgan fingerprint density at radius 2 is 2.14 bits per heavy atom. The highest BCUT2D eigenvalue weighted by atomic mass is 32.1. The van der Waals surface area contributed by atoms with Crippen LogP contribution in [0.15, 0.2) is 24.3 Å². The molecule has 0 saturated carbocycles. The van der Waals surface area contributed by atoms with Gasteiger partial charge >= 0.3 is 5.97 Å². The number of halogens is 1. The third kappa shape index (κ3) is 2.51. The molecule has 6 heteroatoms. The maximum absolute atomic E-state index is 13.7. The van der Waals surface area contributed by atoms with Gasteiger partial charge in [0.25, 0.3) is 5.91 Å². The second kappa shape index (κ2) is 5.44. The first kappa shape index (κ1) is 14.0. The van der Waals surface area contributed by atoms with Crippen LogP contribution in [0.1, 0.15) is 28.9 Å². The lowest BCUT2D eigenvalue weighted by atomic mass is 10.0. The lowest BCUT2D eigenvalue weighted by Crippen LogP contribution is -2.47. The Morgan fingerprint density at radius 3 is 2.86 bits per heavy atom. The third-order valence-electron chi connectivity index (χ3n) is 3.77. The number of fused-ring (bicyclic) bond motifs is 1.